The molecular formula is C17H23NO. The molecule has 0 aliphatic carbocycles. The van der Waals surface area contributed by atoms with Crippen LogP contribution < -0.4 is 0 Å². The Morgan fingerprint density at radius 3 is 2.26 bits per heavy atom. The van der Waals surface area contributed by atoms with Crippen LogP contribution in [0.2, 0.25) is 0 Å². The fourth-order valence-electron chi connectivity index (χ4n) is 3.77. The van der Waals surface area contributed by atoms with Crippen LogP contribution in [0.1, 0.15) is 43.7 Å². The molecule has 2 unspecified atom stereocenters. The van der Waals surface area contributed by atoms with E-state index in [4.69, 9.17) is 0 Å². The summed E-state index contributed by atoms with van der Waals surface area (Å²) >= 11 is 0. The monoisotopic (exact) mass is 257 g/mol. The summed E-state index contributed by atoms with van der Waals surface area (Å²) in [5.41, 5.74) is 2.69. The van der Waals surface area contributed by atoms with Crippen molar-refractivity contribution in [1.29, 1.82) is 0 Å². The lowest BCUT2D eigenvalue weighted by Crippen LogP contribution is -2.53. The third kappa shape index (κ3) is 2.74. The van der Waals surface area contributed by atoms with Crippen molar-refractivity contribution >= 4 is 5.78 Å². The van der Waals surface area contributed by atoms with Crippen LogP contribution in [0.15, 0.2) is 24.3 Å². The maximum Gasteiger partial charge on any atom is 0.136 e. The van der Waals surface area contributed by atoms with Crippen LogP contribution in [0.3, 0.4) is 0 Å². The summed E-state index contributed by atoms with van der Waals surface area (Å²) in [5.74, 6) is 1.25. The molecule has 102 valence electrons. The molecule has 1 aromatic rings. The smallest absolute Gasteiger partial charge is 0.136 e. The molecule has 2 aliphatic heterocycles. The molecule has 1 aromatic carbocycles. The highest BCUT2D eigenvalue weighted by Crippen LogP contribution is 2.36. The molecule has 2 nitrogen and oxygen atoms in total. The first-order chi connectivity index (χ1) is 9.11. The van der Waals surface area contributed by atoms with E-state index in [1.54, 1.807) is 0 Å². The number of benzene rings is 1. The van der Waals surface area contributed by atoms with Gasteiger partial charge >= 0.3 is 0 Å². The zero-order chi connectivity index (χ0) is 13.4. The van der Waals surface area contributed by atoms with Crippen LogP contribution in [-0.4, -0.2) is 22.8 Å². The number of nitrogens with zero attached hydrogens (tertiary/aromatic N) is 1. The summed E-state index contributed by atoms with van der Waals surface area (Å²) in [4.78, 5) is 14.4. The van der Waals surface area contributed by atoms with Gasteiger partial charge in [-0.1, -0.05) is 36.8 Å². The molecule has 0 spiro atoms. The molecule has 0 amide bonds. The second-order valence-electron chi connectivity index (χ2n) is 6.49. The van der Waals surface area contributed by atoms with Gasteiger partial charge in [-0.25, -0.2) is 0 Å². The van der Waals surface area contributed by atoms with E-state index in [0.29, 0.717) is 17.9 Å². The zero-order valence-electron chi connectivity index (χ0n) is 11.9. The van der Waals surface area contributed by atoms with Crippen molar-refractivity contribution in [3.05, 3.63) is 35.4 Å². The number of Topliss-reactive ketones (excluding diaryl/α,β-unsaturated/α-hetero) is 1. The van der Waals surface area contributed by atoms with Gasteiger partial charge in [-0.3, -0.25) is 9.69 Å². The maximum absolute atomic E-state index is 11.8. The van der Waals surface area contributed by atoms with Crippen LogP contribution >= 0.6 is 0 Å². The van der Waals surface area contributed by atoms with Gasteiger partial charge in [0.1, 0.15) is 5.78 Å². The topological polar surface area (TPSA) is 20.3 Å². The van der Waals surface area contributed by atoms with E-state index in [0.717, 1.165) is 25.3 Å². The van der Waals surface area contributed by atoms with Crippen molar-refractivity contribution in [2.75, 3.05) is 0 Å². The van der Waals surface area contributed by atoms with Crippen molar-refractivity contribution < 1.29 is 4.79 Å². The van der Waals surface area contributed by atoms with Gasteiger partial charge in [0.05, 0.1) is 0 Å². The van der Waals surface area contributed by atoms with Gasteiger partial charge < -0.3 is 0 Å². The van der Waals surface area contributed by atoms with E-state index in [1.165, 1.54) is 24.0 Å². The third-order valence-corrected chi connectivity index (χ3v) is 4.70. The molecule has 2 fully saturated rings. The summed E-state index contributed by atoms with van der Waals surface area (Å²) < 4.78 is 0. The van der Waals surface area contributed by atoms with Gasteiger partial charge in [-0.05, 0) is 31.2 Å². The fourth-order valence-corrected chi connectivity index (χ4v) is 3.77. The Labute approximate surface area is 115 Å². The Balaban J connectivity index is 1.76. The molecule has 0 radical (unpaired) electrons. The summed E-state index contributed by atoms with van der Waals surface area (Å²) in [7, 11) is 0. The first-order valence-electron chi connectivity index (χ1n) is 7.45. The number of piperidine rings is 2. The Morgan fingerprint density at radius 1 is 1.11 bits per heavy atom. The van der Waals surface area contributed by atoms with E-state index >= 15 is 0 Å². The Hall–Kier alpha value is -1.15. The van der Waals surface area contributed by atoms with Crippen LogP contribution in [0.4, 0.5) is 0 Å². The molecular weight excluding hydrogens is 234 g/mol. The van der Waals surface area contributed by atoms with E-state index < -0.39 is 0 Å². The first-order valence-corrected chi connectivity index (χ1v) is 7.45. The highest BCUT2D eigenvalue weighted by atomic mass is 16.1. The van der Waals surface area contributed by atoms with E-state index in [2.05, 4.69) is 43.0 Å². The number of hydrogen-bond donors (Lipinski definition) is 0. The lowest BCUT2D eigenvalue weighted by atomic mass is 9.78. The second kappa shape index (κ2) is 5.09. The molecule has 2 heteroatoms. The molecule has 2 bridgehead atoms. The molecule has 19 heavy (non-hydrogen) atoms. The number of rotatable bonds is 2. The van der Waals surface area contributed by atoms with Crippen molar-refractivity contribution in [1.82, 2.24) is 4.90 Å². The molecule has 2 atom stereocenters. The third-order valence-electron chi connectivity index (χ3n) is 4.70. The summed E-state index contributed by atoms with van der Waals surface area (Å²) in [5, 5.41) is 0. The fraction of sp³-hybridized carbons (Fsp3) is 0.588. The summed E-state index contributed by atoms with van der Waals surface area (Å²) in [6.07, 6.45) is 3.92. The van der Waals surface area contributed by atoms with E-state index in [-0.39, 0.29) is 0 Å². The maximum atomic E-state index is 11.8. The number of carbonyl (C=O) groups excluding carboxylic acids is 1. The van der Waals surface area contributed by atoms with E-state index in [9.17, 15) is 4.79 Å². The summed E-state index contributed by atoms with van der Waals surface area (Å²) in [6, 6.07) is 9.79. The van der Waals surface area contributed by atoms with Crippen molar-refractivity contribution in [3.8, 4) is 0 Å². The minimum Gasteiger partial charge on any atom is -0.300 e. The number of aryl methyl sites for hydroxylation is 1. The van der Waals surface area contributed by atoms with Gasteiger partial charge in [0.2, 0.25) is 0 Å². The standard InChI is InChI=1S/C17H23NO/c1-12-3-5-14(6-4-12)11-18-15-7-13(2)8-16(18)10-17(19)9-15/h3-6,13,15-16H,7-11H2,1-2H3. The number of carbonyl (C=O) groups is 1. The molecule has 2 saturated heterocycles. The van der Waals surface area contributed by atoms with Crippen LogP contribution in [0.25, 0.3) is 0 Å². The minimum atomic E-state index is 0.474. The van der Waals surface area contributed by atoms with Gasteiger partial charge in [0.15, 0.2) is 0 Å². The van der Waals surface area contributed by atoms with Gasteiger partial charge in [0, 0.05) is 31.5 Å². The summed E-state index contributed by atoms with van der Waals surface area (Å²) in [6.45, 7) is 5.47. The average Bonchev–Trinajstić information content (AvgIpc) is 2.33. The molecule has 2 heterocycles. The van der Waals surface area contributed by atoms with Crippen molar-refractivity contribution in [2.45, 2.75) is 58.2 Å². The average molecular weight is 257 g/mol. The van der Waals surface area contributed by atoms with Crippen LogP contribution in [-0.2, 0) is 11.3 Å². The SMILES string of the molecule is Cc1ccc(CN2C3CC(=O)CC2CC(C)C3)cc1. The lowest BCUT2D eigenvalue weighted by molar-refractivity contribution is -0.128. The highest BCUT2D eigenvalue weighted by molar-refractivity contribution is 5.80. The number of hydrogen-bond acceptors (Lipinski definition) is 2. The van der Waals surface area contributed by atoms with Gasteiger partial charge in [0.25, 0.3) is 0 Å². The molecule has 0 saturated carbocycles. The Bertz CT molecular complexity index is 447. The van der Waals surface area contributed by atoms with Crippen molar-refractivity contribution in [2.24, 2.45) is 5.92 Å². The molecule has 3 rings (SSSR count). The van der Waals surface area contributed by atoms with Gasteiger partial charge in [-0.2, -0.15) is 0 Å². The quantitative estimate of drug-likeness (QED) is 0.810. The number of fused-ring (bicyclic) bond motifs is 2. The second-order valence-corrected chi connectivity index (χ2v) is 6.49. The van der Waals surface area contributed by atoms with Crippen molar-refractivity contribution in [3.63, 3.8) is 0 Å². The van der Waals surface area contributed by atoms with Crippen LogP contribution in [0.5, 0.6) is 0 Å². The number of ketones is 1. The Kier molecular flexibility index (Phi) is 3.44. The van der Waals surface area contributed by atoms with Crippen LogP contribution in [0, 0.1) is 12.8 Å². The van der Waals surface area contributed by atoms with E-state index in [1.807, 2.05) is 0 Å². The molecule has 0 N–H and O–H groups in total. The zero-order valence-corrected chi connectivity index (χ0v) is 11.9. The predicted molar refractivity (Wildman–Crippen MR) is 76.9 cm³/mol. The Morgan fingerprint density at radius 2 is 1.68 bits per heavy atom. The normalized spacial score (nSPS) is 31.5. The molecule has 2 aliphatic rings. The highest BCUT2D eigenvalue weighted by Gasteiger charge is 2.39. The lowest BCUT2D eigenvalue weighted by Gasteiger charge is -2.47. The largest absolute Gasteiger partial charge is 0.300 e. The predicted octanol–water partition coefficient (Wildman–Crippen LogP) is 3.33. The molecule has 0 aromatic heterocycles. The van der Waals surface area contributed by atoms with Gasteiger partial charge in [-0.15, -0.1) is 0 Å². The minimum absolute atomic E-state index is 0.474. The first kappa shape index (κ1) is 12.9.